The van der Waals surface area contributed by atoms with Gasteiger partial charge in [-0.2, -0.15) is 0 Å². The predicted molar refractivity (Wildman–Crippen MR) is 82.8 cm³/mol. The van der Waals surface area contributed by atoms with Crippen LogP contribution in [0.1, 0.15) is 25.5 Å². The molecule has 21 heavy (non-hydrogen) atoms. The lowest BCUT2D eigenvalue weighted by molar-refractivity contribution is -0.0422. The number of aliphatic hydroxyl groups excluding tert-OH is 1. The van der Waals surface area contributed by atoms with E-state index in [-0.39, 0.29) is 25.4 Å². The van der Waals surface area contributed by atoms with Gasteiger partial charge in [-0.3, -0.25) is 0 Å². The molecule has 0 aliphatic carbocycles. The van der Waals surface area contributed by atoms with E-state index in [1.54, 1.807) is 19.2 Å². The highest BCUT2D eigenvalue weighted by atomic mass is 35.5. The van der Waals surface area contributed by atoms with Crippen LogP contribution in [0.15, 0.2) is 18.2 Å². The van der Waals surface area contributed by atoms with E-state index in [1.165, 1.54) is 0 Å². The van der Waals surface area contributed by atoms with Gasteiger partial charge in [-0.15, -0.1) is 0 Å². The first-order chi connectivity index (χ1) is 9.93. The Morgan fingerprint density at radius 2 is 1.95 bits per heavy atom. The van der Waals surface area contributed by atoms with Crippen molar-refractivity contribution in [2.24, 2.45) is 5.73 Å². The average molecular weight is 318 g/mol. The summed E-state index contributed by atoms with van der Waals surface area (Å²) >= 11 is 6.12. The summed E-state index contributed by atoms with van der Waals surface area (Å²) in [6.07, 6.45) is -0.799. The number of benzene rings is 1. The monoisotopic (exact) mass is 317 g/mol. The predicted octanol–water partition coefficient (Wildman–Crippen LogP) is 2.15. The number of rotatable bonds is 9. The summed E-state index contributed by atoms with van der Waals surface area (Å²) in [7, 11) is 1.60. The number of aliphatic hydroxyl groups is 1. The Morgan fingerprint density at radius 3 is 2.52 bits per heavy atom. The van der Waals surface area contributed by atoms with Gasteiger partial charge >= 0.3 is 0 Å². The molecule has 0 saturated heterocycles. The van der Waals surface area contributed by atoms with E-state index in [1.807, 2.05) is 19.9 Å². The minimum absolute atomic E-state index is 0.0708. The molecule has 0 amide bonds. The van der Waals surface area contributed by atoms with E-state index in [4.69, 9.17) is 31.5 Å². The Morgan fingerprint density at radius 1 is 1.24 bits per heavy atom. The van der Waals surface area contributed by atoms with Crippen LogP contribution < -0.4 is 10.5 Å². The van der Waals surface area contributed by atoms with Crippen LogP contribution in [0.3, 0.4) is 0 Å². The maximum Gasteiger partial charge on any atom is 0.138 e. The van der Waals surface area contributed by atoms with Crippen molar-refractivity contribution in [3.63, 3.8) is 0 Å². The molecule has 0 heterocycles. The largest absolute Gasteiger partial charge is 0.489 e. The van der Waals surface area contributed by atoms with E-state index >= 15 is 0 Å². The zero-order valence-corrected chi connectivity index (χ0v) is 13.5. The van der Waals surface area contributed by atoms with Crippen LogP contribution in [0, 0.1) is 0 Å². The van der Waals surface area contributed by atoms with Crippen LogP contribution >= 0.6 is 11.6 Å². The Kier molecular flexibility index (Phi) is 8.00. The normalized spacial score (nSPS) is 15.5. The molecule has 1 aromatic rings. The summed E-state index contributed by atoms with van der Waals surface area (Å²) in [5, 5.41) is 10.3. The van der Waals surface area contributed by atoms with Gasteiger partial charge in [0.15, 0.2) is 0 Å². The van der Waals surface area contributed by atoms with Crippen LogP contribution in [0.5, 0.6) is 5.75 Å². The maximum absolute atomic E-state index is 9.81. The lowest BCUT2D eigenvalue weighted by Gasteiger charge is -2.17. The third kappa shape index (κ3) is 6.63. The fourth-order valence-corrected chi connectivity index (χ4v) is 1.95. The summed E-state index contributed by atoms with van der Waals surface area (Å²) < 4.78 is 15.8. The molecule has 120 valence electrons. The smallest absolute Gasteiger partial charge is 0.138 e. The van der Waals surface area contributed by atoms with E-state index in [9.17, 15) is 5.11 Å². The molecule has 0 aliphatic rings. The Hall–Kier alpha value is -0.850. The third-order valence-electron chi connectivity index (χ3n) is 2.89. The van der Waals surface area contributed by atoms with Crippen molar-refractivity contribution in [2.75, 3.05) is 26.9 Å². The SMILES string of the molecule is COCC(C)OCC(O)COc1ccc([C@H](C)N)cc1Cl. The van der Waals surface area contributed by atoms with Crippen molar-refractivity contribution in [3.8, 4) is 5.75 Å². The third-order valence-corrected chi connectivity index (χ3v) is 3.18. The Labute approximate surface area is 130 Å². The Balaban J connectivity index is 2.41. The molecule has 0 aliphatic heterocycles. The number of nitrogens with two attached hydrogens (primary N) is 1. The number of hydrogen-bond donors (Lipinski definition) is 2. The van der Waals surface area contributed by atoms with Crippen molar-refractivity contribution in [3.05, 3.63) is 28.8 Å². The van der Waals surface area contributed by atoms with Crippen LogP contribution in [0.2, 0.25) is 5.02 Å². The number of ether oxygens (including phenoxy) is 3. The second-order valence-electron chi connectivity index (χ2n) is 5.04. The molecule has 0 fully saturated rings. The van der Waals surface area contributed by atoms with Crippen LogP contribution in [0.25, 0.3) is 0 Å². The molecule has 0 radical (unpaired) electrons. The summed E-state index contributed by atoms with van der Waals surface area (Å²) in [6, 6.07) is 5.29. The molecule has 0 spiro atoms. The molecular formula is C15H24ClNO4. The van der Waals surface area contributed by atoms with Crippen LogP contribution in [-0.2, 0) is 9.47 Å². The lowest BCUT2D eigenvalue weighted by Crippen LogP contribution is -2.27. The quantitative estimate of drug-likeness (QED) is 0.730. The molecule has 3 N–H and O–H groups in total. The molecule has 1 aromatic carbocycles. The molecule has 2 unspecified atom stereocenters. The van der Waals surface area contributed by atoms with Gasteiger partial charge in [-0.05, 0) is 31.5 Å². The molecule has 3 atom stereocenters. The minimum atomic E-state index is -0.728. The molecular weight excluding hydrogens is 294 g/mol. The second-order valence-corrected chi connectivity index (χ2v) is 5.45. The first-order valence-corrected chi connectivity index (χ1v) is 7.28. The van der Waals surface area contributed by atoms with Crippen molar-refractivity contribution in [1.82, 2.24) is 0 Å². The van der Waals surface area contributed by atoms with Gasteiger partial charge in [0, 0.05) is 13.2 Å². The van der Waals surface area contributed by atoms with Crippen LogP contribution in [-0.4, -0.2) is 44.2 Å². The molecule has 0 aromatic heterocycles. The summed E-state index contributed by atoms with van der Waals surface area (Å²) in [5.74, 6) is 0.519. The van der Waals surface area contributed by atoms with Crippen molar-refractivity contribution >= 4 is 11.6 Å². The highest BCUT2D eigenvalue weighted by Gasteiger charge is 2.11. The molecule has 1 rings (SSSR count). The lowest BCUT2D eigenvalue weighted by atomic mass is 10.1. The summed E-state index contributed by atoms with van der Waals surface area (Å²) in [6.45, 7) is 4.53. The van der Waals surface area contributed by atoms with Gasteiger partial charge in [0.1, 0.15) is 18.5 Å². The first kappa shape index (κ1) is 18.2. The van der Waals surface area contributed by atoms with Crippen molar-refractivity contribution in [2.45, 2.75) is 32.1 Å². The van der Waals surface area contributed by atoms with Crippen molar-refractivity contribution in [1.29, 1.82) is 0 Å². The van der Waals surface area contributed by atoms with Crippen molar-refractivity contribution < 1.29 is 19.3 Å². The highest BCUT2D eigenvalue weighted by Crippen LogP contribution is 2.27. The molecule has 0 saturated carbocycles. The maximum atomic E-state index is 9.81. The average Bonchev–Trinajstić information content (AvgIpc) is 2.44. The van der Waals surface area contributed by atoms with Crippen LogP contribution in [0.4, 0.5) is 0 Å². The summed E-state index contributed by atoms with van der Waals surface area (Å²) in [4.78, 5) is 0. The number of hydrogen-bond acceptors (Lipinski definition) is 5. The second kappa shape index (κ2) is 9.23. The Bertz CT molecular complexity index is 428. The fraction of sp³-hybridized carbons (Fsp3) is 0.600. The van der Waals surface area contributed by atoms with Gasteiger partial charge < -0.3 is 25.1 Å². The molecule has 5 nitrogen and oxygen atoms in total. The first-order valence-electron chi connectivity index (χ1n) is 6.90. The molecule has 0 bridgehead atoms. The standard InChI is InChI=1S/C15H24ClNO4/c1-10(7-19-3)20-8-13(18)9-21-15-5-4-12(11(2)17)6-14(15)16/h4-6,10-11,13,18H,7-9,17H2,1-3H3/t10?,11-,13?/m0/s1. The van der Waals surface area contributed by atoms with Gasteiger partial charge in [0.2, 0.25) is 0 Å². The zero-order chi connectivity index (χ0) is 15.8. The van der Waals surface area contributed by atoms with E-state index in [0.29, 0.717) is 17.4 Å². The fourth-order valence-electron chi connectivity index (χ4n) is 1.71. The number of halogens is 1. The number of methoxy groups -OCH3 is 1. The van der Waals surface area contributed by atoms with Gasteiger partial charge in [0.25, 0.3) is 0 Å². The van der Waals surface area contributed by atoms with Gasteiger partial charge in [0.05, 0.1) is 24.3 Å². The topological polar surface area (TPSA) is 73.9 Å². The van der Waals surface area contributed by atoms with Gasteiger partial charge in [-0.25, -0.2) is 0 Å². The highest BCUT2D eigenvalue weighted by molar-refractivity contribution is 6.32. The minimum Gasteiger partial charge on any atom is -0.489 e. The van der Waals surface area contributed by atoms with E-state index in [2.05, 4.69) is 0 Å². The zero-order valence-electron chi connectivity index (χ0n) is 12.7. The van der Waals surface area contributed by atoms with Gasteiger partial charge in [-0.1, -0.05) is 17.7 Å². The van der Waals surface area contributed by atoms with E-state index < -0.39 is 6.10 Å². The van der Waals surface area contributed by atoms with E-state index in [0.717, 1.165) is 5.56 Å². The summed E-state index contributed by atoms with van der Waals surface area (Å²) in [5.41, 5.74) is 6.72. The molecule has 6 heteroatoms.